The molecular formula is C21H17Br2NO5S2. The minimum Gasteiger partial charge on any atom is -0.490 e. The Labute approximate surface area is 206 Å². The van der Waals surface area contributed by atoms with Gasteiger partial charge in [0.1, 0.15) is 0 Å². The zero-order chi connectivity index (χ0) is 22.5. The molecule has 3 rings (SSSR count). The van der Waals surface area contributed by atoms with Gasteiger partial charge in [0.15, 0.2) is 22.4 Å². The van der Waals surface area contributed by atoms with Crippen LogP contribution in [0.2, 0.25) is 0 Å². The van der Waals surface area contributed by atoms with Gasteiger partial charge in [-0.15, -0.1) is 0 Å². The number of hydrogen-bond donors (Lipinski definition) is 0. The second-order valence-corrected chi connectivity index (χ2v) is 9.57. The molecule has 31 heavy (non-hydrogen) atoms. The van der Waals surface area contributed by atoms with Crippen LogP contribution in [0.5, 0.6) is 11.5 Å². The number of methoxy groups -OCH3 is 1. The minimum atomic E-state index is -0.505. The number of carbonyl (C=O) groups is 2. The lowest BCUT2D eigenvalue weighted by atomic mass is 10.1. The van der Waals surface area contributed by atoms with Gasteiger partial charge in [0, 0.05) is 4.47 Å². The van der Waals surface area contributed by atoms with Crippen LogP contribution in [-0.4, -0.2) is 36.5 Å². The van der Waals surface area contributed by atoms with E-state index in [1.54, 1.807) is 18.2 Å². The number of thiocarbonyl (C=S) groups is 1. The molecule has 0 unspecified atom stereocenters. The van der Waals surface area contributed by atoms with E-state index < -0.39 is 5.97 Å². The van der Waals surface area contributed by atoms with Crippen LogP contribution in [0, 0.1) is 0 Å². The molecule has 1 heterocycles. The third kappa shape index (κ3) is 5.68. The zero-order valence-corrected chi connectivity index (χ0v) is 21.3. The largest absolute Gasteiger partial charge is 0.490 e. The van der Waals surface area contributed by atoms with Crippen molar-refractivity contribution in [2.75, 3.05) is 25.2 Å². The Balaban J connectivity index is 1.90. The maximum atomic E-state index is 13.0. The molecule has 10 heteroatoms. The molecule has 0 saturated carbocycles. The van der Waals surface area contributed by atoms with Crippen molar-refractivity contribution in [1.82, 2.24) is 0 Å². The molecule has 0 aromatic heterocycles. The van der Waals surface area contributed by atoms with Gasteiger partial charge in [-0.3, -0.25) is 9.69 Å². The van der Waals surface area contributed by atoms with Gasteiger partial charge < -0.3 is 14.2 Å². The molecule has 2 aromatic carbocycles. The summed E-state index contributed by atoms with van der Waals surface area (Å²) in [6, 6.07) is 10.9. The fourth-order valence-corrected chi connectivity index (χ4v) is 4.83. The molecule has 0 N–H and O–H groups in total. The number of ether oxygens (including phenoxy) is 3. The number of rotatable bonds is 7. The van der Waals surface area contributed by atoms with E-state index in [2.05, 4.69) is 36.6 Å². The van der Waals surface area contributed by atoms with Crippen molar-refractivity contribution in [2.45, 2.75) is 6.92 Å². The number of esters is 1. The smallest absolute Gasteiger partial charge is 0.343 e. The second kappa shape index (κ2) is 10.6. The summed E-state index contributed by atoms with van der Waals surface area (Å²) in [6.45, 7) is 1.99. The highest BCUT2D eigenvalue weighted by atomic mass is 79.9. The maximum Gasteiger partial charge on any atom is 0.343 e. The predicted octanol–water partition coefficient (Wildman–Crippen LogP) is 5.57. The van der Waals surface area contributed by atoms with Crippen LogP contribution in [0.3, 0.4) is 0 Å². The van der Waals surface area contributed by atoms with Gasteiger partial charge in [-0.05, 0) is 70.9 Å². The molecule has 0 aliphatic carbocycles. The molecule has 0 spiro atoms. The first kappa shape index (κ1) is 23.8. The van der Waals surface area contributed by atoms with E-state index in [-0.39, 0.29) is 12.5 Å². The monoisotopic (exact) mass is 585 g/mol. The number of nitrogens with zero attached hydrogens (tertiary/aromatic N) is 1. The Morgan fingerprint density at radius 3 is 2.55 bits per heavy atom. The summed E-state index contributed by atoms with van der Waals surface area (Å²) < 4.78 is 17.8. The molecular weight excluding hydrogens is 570 g/mol. The van der Waals surface area contributed by atoms with Crippen molar-refractivity contribution in [3.63, 3.8) is 0 Å². The van der Waals surface area contributed by atoms with Crippen LogP contribution in [-0.2, 0) is 14.3 Å². The average Bonchev–Trinajstić information content (AvgIpc) is 3.01. The first-order valence-corrected chi connectivity index (χ1v) is 11.8. The number of hydrogen-bond acceptors (Lipinski definition) is 7. The normalized spacial score (nSPS) is 14.8. The highest BCUT2D eigenvalue weighted by Crippen LogP contribution is 2.40. The lowest BCUT2D eigenvalue weighted by molar-refractivity contribution is -0.142. The van der Waals surface area contributed by atoms with Crippen LogP contribution >= 0.6 is 55.8 Å². The quantitative estimate of drug-likeness (QED) is 0.239. The Kier molecular flexibility index (Phi) is 8.15. The van der Waals surface area contributed by atoms with Crippen molar-refractivity contribution in [3.8, 4) is 11.5 Å². The van der Waals surface area contributed by atoms with E-state index in [4.69, 9.17) is 21.7 Å². The summed E-state index contributed by atoms with van der Waals surface area (Å²) >= 11 is 13.5. The molecule has 162 valence electrons. The van der Waals surface area contributed by atoms with Crippen LogP contribution in [0.1, 0.15) is 12.5 Å². The Morgan fingerprint density at radius 1 is 1.19 bits per heavy atom. The van der Waals surface area contributed by atoms with Crippen molar-refractivity contribution < 1.29 is 23.8 Å². The van der Waals surface area contributed by atoms with E-state index in [0.29, 0.717) is 37.5 Å². The average molecular weight is 587 g/mol. The minimum absolute atomic E-state index is 0.197. The first-order valence-electron chi connectivity index (χ1n) is 9.03. The second-order valence-electron chi connectivity index (χ2n) is 6.12. The number of amides is 1. The van der Waals surface area contributed by atoms with Gasteiger partial charge in [0.2, 0.25) is 0 Å². The summed E-state index contributed by atoms with van der Waals surface area (Å²) in [5.41, 5.74) is 1.42. The highest BCUT2D eigenvalue weighted by molar-refractivity contribution is 9.10. The molecule has 6 nitrogen and oxygen atoms in total. The molecule has 1 aliphatic rings. The van der Waals surface area contributed by atoms with E-state index in [1.807, 2.05) is 31.2 Å². The summed E-state index contributed by atoms with van der Waals surface area (Å²) in [7, 11) is 1.29. The number of carbonyl (C=O) groups excluding carboxylic acids is 2. The highest BCUT2D eigenvalue weighted by Gasteiger charge is 2.33. The molecule has 1 saturated heterocycles. The van der Waals surface area contributed by atoms with Gasteiger partial charge in [-0.1, -0.05) is 39.9 Å². The summed E-state index contributed by atoms with van der Waals surface area (Å²) in [6.07, 6.45) is 1.75. The van der Waals surface area contributed by atoms with Gasteiger partial charge in [0.05, 0.1) is 28.8 Å². The summed E-state index contributed by atoms with van der Waals surface area (Å²) in [5, 5.41) is 0. The first-order chi connectivity index (χ1) is 14.8. The van der Waals surface area contributed by atoms with Crippen molar-refractivity contribution >= 4 is 83.8 Å². The Bertz CT molecular complexity index is 1060. The standard InChI is InChI=1S/C21H17Br2NO5S2/c1-3-28-16-9-12(8-15(23)19(16)29-11-18(25)27-2)10-17-20(26)24(21(30)31-17)14-6-4-13(22)5-7-14/h4-10H,3,11H2,1-2H3/b17-10-. The molecule has 1 aliphatic heterocycles. The van der Waals surface area contributed by atoms with E-state index in [1.165, 1.54) is 23.8 Å². The van der Waals surface area contributed by atoms with Crippen molar-refractivity contribution in [1.29, 1.82) is 0 Å². The van der Waals surface area contributed by atoms with Crippen LogP contribution < -0.4 is 14.4 Å². The van der Waals surface area contributed by atoms with E-state index in [0.717, 1.165) is 10.0 Å². The zero-order valence-electron chi connectivity index (χ0n) is 16.5. The van der Waals surface area contributed by atoms with Gasteiger partial charge in [-0.25, -0.2) is 4.79 Å². The predicted molar refractivity (Wildman–Crippen MR) is 133 cm³/mol. The third-order valence-electron chi connectivity index (χ3n) is 4.07. The molecule has 1 amide bonds. The van der Waals surface area contributed by atoms with Crippen LogP contribution in [0.15, 0.2) is 50.2 Å². The topological polar surface area (TPSA) is 65.1 Å². The fraction of sp³-hybridized carbons (Fsp3) is 0.190. The molecule has 0 bridgehead atoms. The van der Waals surface area contributed by atoms with Gasteiger partial charge >= 0.3 is 5.97 Å². The molecule has 0 atom stereocenters. The fourth-order valence-electron chi connectivity index (χ4n) is 2.70. The lowest BCUT2D eigenvalue weighted by Crippen LogP contribution is -2.27. The number of thioether (sulfide) groups is 1. The summed E-state index contributed by atoms with van der Waals surface area (Å²) in [5.74, 6) is 0.120. The van der Waals surface area contributed by atoms with E-state index >= 15 is 0 Å². The Morgan fingerprint density at radius 2 is 1.90 bits per heavy atom. The van der Waals surface area contributed by atoms with Gasteiger partial charge in [0.25, 0.3) is 5.91 Å². The van der Waals surface area contributed by atoms with E-state index in [9.17, 15) is 9.59 Å². The molecule has 2 aromatic rings. The van der Waals surface area contributed by atoms with Gasteiger partial charge in [-0.2, -0.15) is 0 Å². The molecule has 0 radical (unpaired) electrons. The lowest BCUT2D eigenvalue weighted by Gasteiger charge is -2.15. The van der Waals surface area contributed by atoms with Crippen molar-refractivity contribution in [2.24, 2.45) is 0 Å². The third-order valence-corrected chi connectivity index (χ3v) is 6.49. The maximum absolute atomic E-state index is 13.0. The molecule has 1 fully saturated rings. The van der Waals surface area contributed by atoms with Crippen molar-refractivity contribution in [3.05, 3.63) is 55.8 Å². The van der Waals surface area contributed by atoms with Crippen LogP contribution in [0.25, 0.3) is 6.08 Å². The number of halogens is 2. The summed E-state index contributed by atoms with van der Waals surface area (Å²) in [4.78, 5) is 26.4. The van der Waals surface area contributed by atoms with Crippen LogP contribution in [0.4, 0.5) is 5.69 Å². The SMILES string of the molecule is CCOc1cc(/C=C2\SC(=S)N(c3ccc(Br)cc3)C2=O)cc(Br)c1OCC(=O)OC. The number of benzene rings is 2. The Hall–Kier alpha value is -1.88. The number of anilines is 1.